The largest absolute Gasteiger partial charge is 0.456 e. The molecule has 1 heterocycles. The minimum atomic E-state index is -1.10. The highest BCUT2D eigenvalue weighted by Crippen LogP contribution is 2.67. The van der Waals surface area contributed by atoms with Gasteiger partial charge in [0.2, 0.25) is 0 Å². The van der Waals surface area contributed by atoms with Gasteiger partial charge in [-0.25, -0.2) is 4.79 Å². The number of carbonyl (C=O) groups excluding carboxylic acids is 2. The minimum Gasteiger partial charge on any atom is -0.456 e. The molecular weight excluding hydrogens is 416 g/mol. The lowest BCUT2D eigenvalue weighted by Gasteiger charge is -2.58. The van der Waals surface area contributed by atoms with E-state index in [1.807, 2.05) is 20.8 Å². The van der Waals surface area contributed by atoms with Crippen molar-refractivity contribution < 1.29 is 24.5 Å². The Morgan fingerprint density at radius 2 is 1.85 bits per heavy atom. The van der Waals surface area contributed by atoms with Crippen LogP contribution in [0.25, 0.3) is 0 Å². The molecule has 9 atom stereocenters. The first-order valence-electron chi connectivity index (χ1n) is 12.6. The third-order valence-electron chi connectivity index (χ3n) is 10.7. The predicted octanol–water partition coefficient (Wildman–Crippen LogP) is 4.28. The number of fused-ring (bicyclic) bond motifs is 5. The third-order valence-corrected chi connectivity index (χ3v) is 10.7. The van der Waals surface area contributed by atoms with E-state index in [1.165, 1.54) is 0 Å². The summed E-state index contributed by atoms with van der Waals surface area (Å²) in [6, 6.07) is 0. The van der Waals surface area contributed by atoms with Crippen molar-refractivity contribution in [3.8, 4) is 0 Å². The van der Waals surface area contributed by atoms with Crippen LogP contribution in [0, 0.1) is 34.5 Å². The number of hydrogen-bond donors (Lipinski definition) is 2. The van der Waals surface area contributed by atoms with Crippen molar-refractivity contribution in [2.75, 3.05) is 0 Å². The predicted molar refractivity (Wildman–Crippen MR) is 125 cm³/mol. The summed E-state index contributed by atoms with van der Waals surface area (Å²) in [5, 5.41) is 22.5. The van der Waals surface area contributed by atoms with Crippen molar-refractivity contribution >= 4 is 11.8 Å². The Morgan fingerprint density at radius 3 is 2.55 bits per heavy atom. The molecule has 5 heteroatoms. The van der Waals surface area contributed by atoms with Gasteiger partial charge >= 0.3 is 5.97 Å². The number of allylic oxidation sites excluding steroid dienone is 2. The van der Waals surface area contributed by atoms with Gasteiger partial charge in [-0.2, -0.15) is 0 Å². The van der Waals surface area contributed by atoms with E-state index in [4.69, 9.17) is 4.74 Å². The van der Waals surface area contributed by atoms with E-state index in [2.05, 4.69) is 13.0 Å². The Morgan fingerprint density at radius 1 is 1.12 bits per heavy atom. The summed E-state index contributed by atoms with van der Waals surface area (Å²) in [7, 11) is 0. The second kappa shape index (κ2) is 7.39. The fourth-order valence-corrected chi connectivity index (χ4v) is 8.61. The molecule has 180 valence electrons. The van der Waals surface area contributed by atoms with Gasteiger partial charge < -0.3 is 14.9 Å². The zero-order valence-electron chi connectivity index (χ0n) is 20.6. The molecule has 0 bridgehead atoms. The van der Waals surface area contributed by atoms with Crippen LogP contribution in [0.4, 0.5) is 0 Å². The summed E-state index contributed by atoms with van der Waals surface area (Å²) in [5.74, 6) is 0.811. The monoisotopic (exact) mass is 454 g/mol. The molecular formula is C28H38O5. The van der Waals surface area contributed by atoms with Crippen LogP contribution in [0.5, 0.6) is 0 Å². The number of cyclic esters (lactones) is 1. The van der Waals surface area contributed by atoms with Crippen molar-refractivity contribution in [1.29, 1.82) is 0 Å². The maximum Gasteiger partial charge on any atom is 0.334 e. The van der Waals surface area contributed by atoms with Crippen molar-refractivity contribution in [1.82, 2.24) is 0 Å². The molecule has 0 unspecified atom stereocenters. The molecule has 5 rings (SSSR count). The number of aliphatic hydroxyl groups excluding tert-OH is 1. The molecule has 4 aliphatic carbocycles. The van der Waals surface area contributed by atoms with Gasteiger partial charge in [0.15, 0.2) is 5.78 Å². The van der Waals surface area contributed by atoms with Gasteiger partial charge in [0.1, 0.15) is 11.7 Å². The van der Waals surface area contributed by atoms with Crippen molar-refractivity contribution in [3.63, 3.8) is 0 Å². The lowest BCUT2D eigenvalue weighted by Crippen LogP contribution is -2.58. The molecule has 0 radical (unpaired) electrons. The number of rotatable bonds is 2. The lowest BCUT2D eigenvalue weighted by molar-refractivity contribution is -0.181. The average Bonchev–Trinajstić information content (AvgIpc) is 3.12. The number of carbonyl (C=O) groups is 2. The molecule has 2 N–H and O–H groups in total. The van der Waals surface area contributed by atoms with Gasteiger partial charge in [0, 0.05) is 12.0 Å². The van der Waals surface area contributed by atoms with E-state index in [1.54, 1.807) is 19.1 Å². The second-order valence-corrected chi connectivity index (χ2v) is 12.0. The highest BCUT2D eigenvalue weighted by atomic mass is 16.6. The first-order chi connectivity index (χ1) is 15.4. The third kappa shape index (κ3) is 3.04. The Labute approximate surface area is 197 Å². The second-order valence-electron chi connectivity index (χ2n) is 12.0. The van der Waals surface area contributed by atoms with E-state index >= 15 is 0 Å². The first kappa shape index (κ1) is 23.0. The number of ether oxygens (including phenoxy) is 1. The smallest absolute Gasteiger partial charge is 0.334 e. The van der Waals surface area contributed by atoms with Crippen LogP contribution >= 0.6 is 0 Å². The van der Waals surface area contributed by atoms with E-state index in [0.717, 1.165) is 43.3 Å². The fourth-order valence-electron chi connectivity index (χ4n) is 8.61. The van der Waals surface area contributed by atoms with Crippen LogP contribution in [0.2, 0.25) is 0 Å². The Hall–Kier alpha value is -1.72. The average molecular weight is 455 g/mol. The Kier molecular flexibility index (Phi) is 5.16. The van der Waals surface area contributed by atoms with Gasteiger partial charge in [-0.05, 0) is 107 Å². The van der Waals surface area contributed by atoms with Crippen molar-refractivity contribution in [2.45, 2.75) is 91.0 Å². The van der Waals surface area contributed by atoms with Crippen molar-refractivity contribution in [2.24, 2.45) is 34.5 Å². The molecule has 5 aliphatic rings. The first-order valence-corrected chi connectivity index (χ1v) is 12.6. The van der Waals surface area contributed by atoms with Gasteiger partial charge in [0.05, 0.1) is 11.5 Å². The Balaban J connectivity index is 1.45. The zero-order valence-corrected chi connectivity index (χ0v) is 20.6. The minimum absolute atomic E-state index is 0.0330. The molecule has 0 saturated heterocycles. The molecule has 5 nitrogen and oxygen atoms in total. The fraction of sp³-hybridized carbons (Fsp3) is 0.714. The van der Waals surface area contributed by atoms with Gasteiger partial charge in [-0.15, -0.1) is 0 Å². The van der Waals surface area contributed by atoms with Crippen LogP contribution in [0.1, 0.15) is 73.1 Å². The Bertz CT molecular complexity index is 986. The zero-order chi connectivity index (χ0) is 23.9. The summed E-state index contributed by atoms with van der Waals surface area (Å²) in [4.78, 5) is 25.5. The maximum atomic E-state index is 13.1. The topological polar surface area (TPSA) is 83.8 Å². The summed E-state index contributed by atoms with van der Waals surface area (Å²) < 4.78 is 5.75. The number of ketones is 1. The van der Waals surface area contributed by atoms with Crippen LogP contribution in [-0.2, 0) is 14.3 Å². The number of hydrogen-bond acceptors (Lipinski definition) is 5. The van der Waals surface area contributed by atoms with Crippen LogP contribution in [0.15, 0.2) is 34.9 Å². The number of esters is 1. The summed E-state index contributed by atoms with van der Waals surface area (Å²) >= 11 is 0. The molecule has 0 aromatic heterocycles. The highest BCUT2D eigenvalue weighted by Gasteiger charge is 2.64. The molecule has 33 heavy (non-hydrogen) atoms. The molecule has 1 aliphatic heterocycles. The summed E-state index contributed by atoms with van der Waals surface area (Å²) in [6.07, 6.45) is 9.35. The van der Waals surface area contributed by atoms with E-state index in [-0.39, 0.29) is 29.0 Å². The van der Waals surface area contributed by atoms with Gasteiger partial charge in [0.25, 0.3) is 0 Å². The van der Waals surface area contributed by atoms with E-state index in [0.29, 0.717) is 23.8 Å². The molecule has 2 fully saturated rings. The van der Waals surface area contributed by atoms with Crippen LogP contribution in [-0.4, -0.2) is 39.8 Å². The van der Waals surface area contributed by atoms with Crippen LogP contribution < -0.4 is 0 Å². The van der Waals surface area contributed by atoms with E-state index < -0.39 is 23.2 Å². The number of aliphatic hydroxyl groups is 2. The quantitative estimate of drug-likeness (QED) is 0.481. The maximum absolute atomic E-state index is 13.1. The van der Waals surface area contributed by atoms with Crippen LogP contribution in [0.3, 0.4) is 0 Å². The summed E-state index contributed by atoms with van der Waals surface area (Å²) in [6.45, 7) is 9.97. The SMILES string of the molecule is CC1=C(C)C(=O)O[C@@H]([C@](C)(O)[C@H]2CC[C@H]3[C@@H]4CC=C5[C@@H](O)C=CC(=O)[C@]5(C)[C@H]4CC[C@]23C)C1. The molecule has 0 amide bonds. The van der Waals surface area contributed by atoms with Gasteiger partial charge in [-0.3, -0.25) is 4.79 Å². The molecule has 0 aromatic rings. The lowest BCUT2D eigenvalue weighted by atomic mass is 9.46. The van der Waals surface area contributed by atoms with Gasteiger partial charge in [-0.1, -0.05) is 18.6 Å². The highest BCUT2D eigenvalue weighted by molar-refractivity contribution is 5.99. The standard InChI is InChI=1S/C28H38O5/c1-15-14-24(33-25(31)16(15)2)28(5,32)22-10-8-18-17-6-7-20-21(29)9-11-23(30)27(20,4)19(17)12-13-26(18,22)3/h7,9,11,17-19,21-22,24,29,32H,6,8,10,12-14H2,1-5H3/t17-,18-,19-,21-,22-,24+,26-,27+,28+/m0/s1. The van der Waals surface area contributed by atoms with E-state index in [9.17, 15) is 19.8 Å². The normalized spacial score (nSPS) is 46.7. The molecule has 2 saturated carbocycles. The van der Waals surface area contributed by atoms with Crippen molar-refractivity contribution in [3.05, 3.63) is 34.9 Å². The molecule has 0 spiro atoms. The molecule has 0 aromatic carbocycles. The summed E-state index contributed by atoms with van der Waals surface area (Å²) in [5.41, 5.74) is 0.734.